The SMILES string of the molecule is O=C(O)[C@@H](NC(=O)N1C=C2C[C@@H]3C(c4ccc(F)cc4F)[C@@H]3C2N1)C1CC1. The zero-order chi connectivity index (χ0) is 18.9. The summed E-state index contributed by atoms with van der Waals surface area (Å²) in [5, 5.41) is 13.1. The number of benzene rings is 1. The second-order valence-electron chi connectivity index (χ2n) is 7.92. The molecule has 3 saturated carbocycles. The minimum absolute atomic E-state index is 0.000139. The van der Waals surface area contributed by atoms with Crippen molar-refractivity contribution >= 4 is 12.0 Å². The lowest BCUT2D eigenvalue weighted by atomic mass is 9.98. The van der Waals surface area contributed by atoms with Gasteiger partial charge in [0.2, 0.25) is 0 Å². The summed E-state index contributed by atoms with van der Waals surface area (Å²) in [5.41, 5.74) is 4.71. The number of hydrazine groups is 1. The average Bonchev–Trinajstić information content (AvgIpc) is 3.48. The summed E-state index contributed by atoms with van der Waals surface area (Å²) in [6, 6.07) is 2.26. The molecule has 5 rings (SSSR count). The second kappa shape index (κ2) is 5.76. The number of aliphatic carboxylic acids is 1. The van der Waals surface area contributed by atoms with Crippen LogP contribution in [-0.4, -0.2) is 34.2 Å². The highest BCUT2D eigenvalue weighted by atomic mass is 19.1. The van der Waals surface area contributed by atoms with Crippen LogP contribution < -0.4 is 10.7 Å². The second-order valence-corrected chi connectivity index (χ2v) is 7.92. The molecule has 1 aliphatic heterocycles. The molecule has 4 aliphatic rings. The van der Waals surface area contributed by atoms with Gasteiger partial charge in [-0.15, -0.1) is 0 Å². The molecule has 1 heterocycles. The van der Waals surface area contributed by atoms with Crippen molar-refractivity contribution in [2.24, 2.45) is 17.8 Å². The van der Waals surface area contributed by atoms with Gasteiger partial charge in [-0.1, -0.05) is 6.07 Å². The molecular formula is C19H19F2N3O3. The first-order valence-corrected chi connectivity index (χ1v) is 9.18. The van der Waals surface area contributed by atoms with Crippen LogP contribution in [0.1, 0.15) is 30.7 Å². The van der Waals surface area contributed by atoms with Gasteiger partial charge in [-0.3, -0.25) is 0 Å². The van der Waals surface area contributed by atoms with Crippen molar-refractivity contribution in [3.8, 4) is 0 Å². The molecule has 0 radical (unpaired) electrons. The van der Waals surface area contributed by atoms with Gasteiger partial charge in [0.25, 0.3) is 0 Å². The Balaban J connectivity index is 1.26. The Hall–Kier alpha value is -2.48. The number of rotatable bonds is 4. The van der Waals surface area contributed by atoms with Gasteiger partial charge < -0.3 is 10.4 Å². The number of amides is 2. The number of urea groups is 1. The van der Waals surface area contributed by atoms with Gasteiger partial charge in [0, 0.05) is 12.3 Å². The van der Waals surface area contributed by atoms with Gasteiger partial charge in [-0.25, -0.2) is 28.8 Å². The summed E-state index contributed by atoms with van der Waals surface area (Å²) in [5.74, 6) is -1.67. The first-order valence-electron chi connectivity index (χ1n) is 9.18. The Bertz CT molecular complexity index is 870. The van der Waals surface area contributed by atoms with Crippen LogP contribution in [0, 0.1) is 29.4 Å². The maximum atomic E-state index is 14.1. The van der Waals surface area contributed by atoms with Crippen molar-refractivity contribution in [1.29, 1.82) is 0 Å². The number of hydrogen-bond donors (Lipinski definition) is 3. The number of carbonyl (C=O) groups excluding carboxylic acids is 1. The lowest BCUT2D eigenvalue weighted by molar-refractivity contribution is -0.139. The van der Waals surface area contributed by atoms with Crippen LogP contribution in [-0.2, 0) is 4.79 Å². The van der Waals surface area contributed by atoms with Crippen LogP contribution in [0.4, 0.5) is 13.6 Å². The maximum absolute atomic E-state index is 14.1. The summed E-state index contributed by atoms with van der Waals surface area (Å²) in [4.78, 5) is 23.7. The Morgan fingerprint density at radius 1 is 1.30 bits per heavy atom. The Labute approximate surface area is 154 Å². The van der Waals surface area contributed by atoms with Gasteiger partial charge in [0.15, 0.2) is 0 Å². The standard InChI is InChI=1S/C19H19F2N3O3/c20-10-3-4-11(13(21)6-10)14-12-5-9-7-24(23-16(9)15(12)14)19(27)22-17(18(25)26)8-1-2-8/h3-4,6-8,12,14-17,23H,1-2,5H2,(H,22,27)(H,25,26)/t12-,14?,15-,16?,17+/m1/s1. The Morgan fingerprint density at radius 2 is 2.07 bits per heavy atom. The summed E-state index contributed by atoms with van der Waals surface area (Å²) in [6.45, 7) is 0. The monoisotopic (exact) mass is 375 g/mol. The molecule has 27 heavy (non-hydrogen) atoms. The summed E-state index contributed by atoms with van der Waals surface area (Å²) >= 11 is 0. The topological polar surface area (TPSA) is 81.7 Å². The van der Waals surface area contributed by atoms with E-state index >= 15 is 0 Å². The molecule has 3 N–H and O–H groups in total. The normalized spacial score (nSPS) is 31.8. The van der Waals surface area contributed by atoms with E-state index in [2.05, 4.69) is 10.7 Å². The third kappa shape index (κ3) is 2.70. The molecular weight excluding hydrogens is 356 g/mol. The van der Waals surface area contributed by atoms with E-state index < -0.39 is 29.7 Å². The van der Waals surface area contributed by atoms with Crippen LogP contribution in [0.2, 0.25) is 0 Å². The largest absolute Gasteiger partial charge is 0.480 e. The zero-order valence-corrected chi connectivity index (χ0v) is 14.4. The van der Waals surface area contributed by atoms with E-state index in [1.54, 1.807) is 6.20 Å². The predicted molar refractivity (Wildman–Crippen MR) is 90.2 cm³/mol. The number of carboxylic acid groups (broad SMARTS) is 1. The minimum Gasteiger partial charge on any atom is -0.480 e. The van der Waals surface area contributed by atoms with Crippen molar-refractivity contribution in [2.45, 2.75) is 37.3 Å². The molecule has 1 aromatic rings. The van der Waals surface area contributed by atoms with Crippen molar-refractivity contribution in [2.75, 3.05) is 0 Å². The molecule has 0 bridgehead atoms. The molecule has 0 saturated heterocycles. The molecule has 0 aromatic heterocycles. The van der Waals surface area contributed by atoms with Crippen molar-refractivity contribution in [1.82, 2.24) is 15.8 Å². The molecule has 142 valence electrons. The maximum Gasteiger partial charge on any atom is 0.336 e. The van der Waals surface area contributed by atoms with Crippen molar-refractivity contribution in [3.05, 3.63) is 47.2 Å². The quantitative estimate of drug-likeness (QED) is 0.755. The highest BCUT2D eigenvalue weighted by Gasteiger charge is 2.62. The molecule has 2 unspecified atom stereocenters. The highest BCUT2D eigenvalue weighted by Crippen LogP contribution is 2.65. The molecule has 6 nitrogen and oxygen atoms in total. The molecule has 8 heteroatoms. The van der Waals surface area contributed by atoms with E-state index in [1.165, 1.54) is 17.1 Å². The number of halogens is 2. The van der Waals surface area contributed by atoms with Gasteiger partial charge in [-0.05, 0) is 60.1 Å². The molecule has 5 atom stereocenters. The number of hydrogen-bond acceptors (Lipinski definition) is 3. The fourth-order valence-electron chi connectivity index (χ4n) is 4.76. The van der Waals surface area contributed by atoms with Crippen molar-refractivity contribution in [3.63, 3.8) is 0 Å². The lowest BCUT2D eigenvalue weighted by Crippen LogP contribution is -2.51. The van der Waals surface area contributed by atoms with Crippen LogP contribution in [0.25, 0.3) is 0 Å². The molecule has 1 aromatic carbocycles. The molecule has 3 fully saturated rings. The van der Waals surface area contributed by atoms with Gasteiger partial charge >= 0.3 is 12.0 Å². The van der Waals surface area contributed by atoms with E-state index in [0.29, 0.717) is 5.56 Å². The minimum atomic E-state index is -1.02. The summed E-state index contributed by atoms with van der Waals surface area (Å²) < 4.78 is 27.2. The zero-order valence-electron chi connectivity index (χ0n) is 14.4. The average molecular weight is 375 g/mol. The molecule has 2 amide bonds. The number of nitrogens with one attached hydrogen (secondary N) is 2. The van der Waals surface area contributed by atoms with E-state index in [4.69, 9.17) is 0 Å². The third-order valence-electron chi connectivity index (χ3n) is 6.24. The first kappa shape index (κ1) is 16.7. The Morgan fingerprint density at radius 3 is 2.74 bits per heavy atom. The van der Waals surface area contributed by atoms with Crippen LogP contribution >= 0.6 is 0 Å². The smallest absolute Gasteiger partial charge is 0.336 e. The summed E-state index contributed by atoms with van der Waals surface area (Å²) in [7, 11) is 0. The predicted octanol–water partition coefficient (Wildman–Crippen LogP) is 2.34. The summed E-state index contributed by atoms with van der Waals surface area (Å²) in [6.07, 6.45) is 4.08. The van der Waals surface area contributed by atoms with Gasteiger partial charge in [0.1, 0.15) is 17.7 Å². The van der Waals surface area contributed by atoms with Gasteiger partial charge in [-0.2, -0.15) is 0 Å². The fraction of sp³-hybridized carbons (Fsp3) is 0.474. The fourth-order valence-corrected chi connectivity index (χ4v) is 4.76. The van der Waals surface area contributed by atoms with E-state index in [1.807, 2.05) is 0 Å². The van der Waals surface area contributed by atoms with Crippen LogP contribution in [0.15, 0.2) is 30.0 Å². The van der Waals surface area contributed by atoms with Crippen LogP contribution in [0.3, 0.4) is 0 Å². The first-order chi connectivity index (χ1) is 12.9. The number of carbonyl (C=O) groups is 2. The third-order valence-corrected chi connectivity index (χ3v) is 6.24. The molecule has 3 aliphatic carbocycles. The van der Waals surface area contributed by atoms with Crippen molar-refractivity contribution < 1.29 is 23.5 Å². The van der Waals surface area contributed by atoms with Gasteiger partial charge in [0.05, 0.1) is 6.04 Å². The molecule has 0 spiro atoms. The Kier molecular flexibility index (Phi) is 3.56. The van der Waals surface area contributed by atoms with Crippen LogP contribution in [0.5, 0.6) is 0 Å². The highest BCUT2D eigenvalue weighted by molar-refractivity contribution is 5.83. The number of nitrogens with zero attached hydrogens (tertiary/aromatic N) is 1. The van der Waals surface area contributed by atoms with E-state index in [-0.39, 0.29) is 29.7 Å². The van der Waals surface area contributed by atoms with E-state index in [0.717, 1.165) is 30.9 Å². The van der Waals surface area contributed by atoms with E-state index in [9.17, 15) is 23.5 Å². The number of carboxylic acids is 1. The lowest BCUT2D eigenvalue weighted by Gasteiger charge is -2.21. The number of fused-ring (bicyclic) bond motifs is 3.